The smallest absolute Gasteiger partial charge is 0.341 e. The van der Waals surface area contributed by atoms with Gasteiger partial charge in [0.2, 0.25) is 0 Å². The highest BCUT2D eigenvalue weighted by molar-refractivity contribution is 9.10. The average Bonchev–Trinajstić information content (AvgIpc) is 2.71. The number of hydrogen-bond acceptors (Lipinski definition) is 6. The molecule has 10 heteroatoms. The number of benzene rings is 2. The summed E-state index contributed by atoms with van der Waals surface area (Å²) >= 11 is 6.77. The van der Waals surface area contributed by atoms with E-state index in [-0.39, 0.29) is 17.2 Å². The van der Waals surface area contributed by atoms with Gasteiger partial charge in [0, 0.05) is 20.4 Å². The summed E-state index contributed by atoms with van der Waals surface area (Å²) in [6, 6.07) is 8.64. The lowest BCUT2D eigenvalue weighted by molar-refractivity contribution is -0.139. The van der Waals surface area contributed by atoms with E-state index in [2.05, 4.69) is 41.9 Å². The number of aromatic nitrogens is 2. The van der Waals surface area contributed by atoms with E-state index in [0.29, 0.717) is 32.5 Å². The molecule has 0 radical (unpaired) electrons. The summed E-state index contributed by atoms with van der Waals surface area (Å²) in [6.07, 6.45) is 1.42. The fourth-order valence-electron chi connectivity index (χ4n) is 2.90. The van der Waals surface area contributed by atoms with Gasteiger partial charge in [-0.25, -0.2) is 9.78 Å². The number of aliphatic carboxylic acids is 1. The Kier molecular flexibility index (Phi) is 7.11. The predicted octanol–water partition coefficient (Wildman–Crippen LogP) is 4.40. The normalized spacial score (nSPS) is 11.4. The third-order valence-electron chi connectivity index (χ3n) is 4.27. The van der Waals surface area contributed by atoms with Crippen LogP contribution in [0.15, 0.2) is 49.2 Å². The molecule has 0 fully saturated rings. The summed E-state index contributed by atoms with van der Waals surface area (Å²) in [7, 11) is 1.45. The van der Waals surface area contributed by atoms with Gasteiger partial charge >= 0.3 is 5.97 Å². The second kappa shape index (κ2) is 9.61. The van der Waals surface area contributed by atoms with Crippen LogP contribution < -0.4 is 15.0 Å². The highest BCUT2D eigenvalue weighted by Crippen LogP contribution is 2.34. The monoisotopic (exact) mass is 551 g/mol. The Morgan fingerprint density at radius 1 is 1.26 bits per heavy atom. The van der Waals surface area contributed by atoms with Crippen LogP contribution in [0, 0.1) is 0 Å². The van der Waals surface area contributed by atoms with Gasteiger partial charge in [0.05, 0.1) is 24.2 Å². The van der Waals surface area contributed by atoms with Crippen LogP contribution in [-0.2, 0) is 4.79 Å². The van der Waals surface area contributed by atoms with E-state index in [9.17, 15) is 9.59 Å². The molecule has 0 aliphatic rings. The number of rotatable bonds is 7. The van der Waals surface area contributed by atoms with Gasteiger partial charge in [0.1, 0.15) is 5.82 Å². The Hall–Kier alpha value is -2.72. The first kappa shape index (κ1) is 23.0. The number of nitrogens with zero attached hydrogens (tertiary/aromatic N) is 3. The number of hydrogen-bond donors (Lipinski definition) is 1. The molecule has 2 aromatic carbocycles. The van der Waals surface area contributed by atoms with Crippen LogP contribution in [0.1, 0.15) is 31.2 Å². The van der Waals surface area contributed by atoms with Crippen molar-refractivity contribution >= 4 is 54.9 Å². The molecule has 0 bridgehead atoms. The van der Waals surface area contributed by atoms with Crippen LogP contribution in [-0.4, -0.2) is 40.7 Å². The van der Waals surface area contributed by atoms with E-state index >= 15 is 0 Å². The molecule has 0 aliphatic carbocycles. The van der Waals surface area contributed by atoms with Crippen molar-refractivity contribution in [1.82, 2.24) is 9.66 Å². The molecule has 0 spiro atoms. The number of carboxylic acids is 1. The van der Waals surface area contributed by atoms with Crippen molar-refractivity contribution in [1.29, 1.82) is 0 Å². The Bertz CT molecular complexity index is 1240. The molecule has 0 saturated carbocycles. The first-order valence-electron chi connectivity index (χ1n) is 9.20. The minimum Gasteiger partial charge on any atom is -0.493 e. The standard InChI is InChI=1S/C21H19Br2N3O5/c1-11(2)20-25-16-5-4-13(22)7-15(16)21(29)26(20)24-9-12-6-14(23)8-17(30-3)19(12)31-10-18(27)28/h4-9,11H,10H2,1-3H3,(H,27,28). The van der Waals surface area contributed by atoms with Crippen molar-refractivity contribution in [2.45, 2.75) is 19.8 Å². The Morgan fingerprint density at radius 2 is 2.00 bits per heavy atom. The highest BCUT2D eigenvalue weighted by Gasteiger charge is 2.16. The summed E-state index contributed by atoms with van der Waals surface area (Å²) in [4.78, 5) is 28.8. The van der Waals surface area contributed by atoms with Crippen molar-refractivity contribution in [2.24, 2.45) is 5.10 Å². The van der Waals surface area contributed by atoms with E-state index < -0.39 is 12.6 Å². The summed E-state index contributed by atoms with van der Waals surface area (Å²) in [6.45, 7) is 3.28. The maximum atomic E-state index is 13.2. The van der Waals surface area contributed by atoms with Crippen molar-refractivity contribution in [3.05, 3.63) is 61.0 Å². The molecule has 3 rings (SSSR count). The fraction of sp³-hybridized carbons (Fsp3) is 0.238. The number of methoxy groups -OCH3 is 1. The Morgan fingerprint density at radius 3 is 2.65 bits per heavy atom. The van der Waals surface area contributed by atoms with Crippen molar-refractivity contribution in [3.8, 4) is 11.5 Å². The van der Waals surface area contributed by atoms with Gasteiger partial charge in [-0.2, -0.15) is 9.78 Å². The molecule has 0 amide bonds. The van der Waals surface area contributed by atoms with Crippen molar-refractivity contribution in [3.63, 3.8) is 0 Å². The van der Waals surface area contributed by atoms with E-state index in [4.69, 9.17) is 14.6 Å². The molecule has 1 N–H and O–H groups in total. The molecule has 0 aliphatic heterocycles. The minimum absolute atomic E-state index is 0.0716. The summed E-state index contributed by atoms with van der Waals surface area (Å²) in [5, 5.41) is 13.8. The van der Waals surface area contributed by atoms with Crippen molar-refractivity contribution < 1.29 is 19.4 Å². The number of ether oxygens (including phenoxy) is 2. The third-order valence-corrected chi connectivity index (χ3v) is 5.22. The number of halogens is 2. The topological polar surface area (TPSA) is 103 Å². The zero-order valence-corrected chi connectivity index (χ0v) is 20.1. The van der Waals surface area contributed by atoms with Crippen LogP contribution in [0.2, 0.25) is 0 Å². The van der Waals surface area contributed by atoms with E-state index in [1.807, 2.05) is 19.9 Å². The first-order chi connectivity index (χ1) is 14.7. The summed E-state index contributed by atoms with van der Waals surface area (Å²) in [5.41, 5.74) is 0.697. The van der Waals surface area contributed by atoms with Crippen LogP contribution in [0.4, 0.5) is 0 Å². The molecule has 0 unspecified atom stereocenters. The number of carbonyl (C=O) groups is 1. The summed E-state index contributed by atoms with van der Waals surface area (Å²) < 4.78 is 13.4. The van der Waals surface area contributed by atoms with Gasteiger partial charge in [-0.05, 0) is 30.3 Å². The molecule has 0 atom stereocenters. The number of fused-ring (bicyclic) bond motifs is 1. The largest absolute Gasteiger partial charge is 0.493 e. The molecule has 162 valence electrons. The zero-order chi connectivity index (χ0) is 22.7. The molecule has 31 heavy (non-hydrogen) atoms. The van der Waals surface area contributed by atoms with E-state index in [0.717, 1.165) is 4.47 Å². The zero-order valence-electron chi connectivity index (χ0n) is 16.9. The predicted molar refractivity (Wildman–Crippen MR) is 125 cm³/mol. The minimum atomic E-state index is -1.13. The van der Waals surface area contributed by atoms with Gasteiger partial charge in [-0.15, -0.1) is 0 Å². The lowest BCUT2D eigenvalue weighted by Gasteiger charge is -2.14. The van der Waals surface area contributed by atoms with E-state index in [1.54, 1.807) is 24.3 Å². The second-order valence-electron chi connectivity index (χ2n) is 6.86. The van der Waals surface area contributed by atoms with Gasteiger partial charge in [-0.1, -0.05) is 45.7 Å². The third kappa shape index (κ3) is 5.13. The van der Waals surface area contributed by atoms with Crippen LogP contribution in [0.3, 0.4) is 0 Å². The van der Waals surface area contributed by atoms with E-state index in [1.165, 1.54) is 18.0 Å². The Labute approximate surface area is 194 Å². The van der Waals surface area contributed by atoms with Gasteiger partial charge in [0.25, 0.3) is 5.56 Å². The molecular weight excluding hydrogens is 534 g/mol. The van der Waals surface area contributed by atoms with Crippen molar-refractivity contribution in [2.75, 3.05) is 13.7 Å². The Balaban J connectivity index is 2.18. The maximum absolute atomic E-state index is 13.2. The molecule has 1 heterocycles. The lowest BCUT2D eigenvalue weighted by Crippen LogP contribution is -2.23. The van der Waals surface area contributed by atoms with Gasteiger partial charge in [-0.3, -0.25) is 4.79 Å². The molecular formula is C21H19Br2N3O5. The highest BCUT2D eigenvalue weighted by atomic mass is 79.9. The molecule has 0 saturated heterocycles. The average molecular weight is 553 g/mol. The van der Waals surface area contributed by atoms with Gasteiger partial charge < -0.3 is 14.6 Å². The van der Waals surface area contributed by atoms with Gasteiger partial charge in [0.15, 0.2) is 18.1 Å². The van der Waals surface area contributed by atoms with Crippen LogP contribution in [0.5, 0.6) is 11.5 Å². The quantitative estimate of drug-likeness (QED) is 0.436. The van der Waals surface area contributed by atoms with Crippen LogP contribution >= 0.6 is 31.9 Å². The molecule has 3 aromatic rings. The number of carboxylic acid groups (broad SMARTS) is 1. The molecule has 8 nitrogen and oxygen atoms in total. The lowest BCUT2D eigenvalue weighted by atomic mass is 10.2. The SMILES string of the molecule is COc1cc(Br)cc(C=Nn2c(C(C)C)nc3ccc(Br)cc3c2=O)c1OCC(=O)O. The molecule has 1 aromatic heterocycles. The van der Waals surface area contributed by atoms with Crippen LogP contribution in [0.25, 0.3) is 10.9 Å². The maximum Gasteiger partial charge on any atom is 0.341 e. The first-order valence-corrected chi connectivity index (χ1v) is 10.8. The second-order valence-corrected chi connectivity index (χ2v) is 8.69. The summed E-state index contributed by atoms with van der Waals surface area (Å²) in [5.74, 6) is -0.180. The fourth-order valence-corrected chi connectivity index (χ4v) is 3.71.